The van der Waals surface area contributed by atoms with Gasteiger partial charge in [0, 0.05) is 25.9 Å². The Kier molecular flexibility index (Phi) is 6.60. The molecule has 1 N–H and O–H groups in total. The summed E-state index contributed by atoms with van der Waals surface area (Å²) in [6.45, 7) is 3.28. The lowest BCUT2D eigenvalue weighted by Gasteiger charge is -2.33. The summed E-state index contributed by atoms with van der Waals surface area (Å²) in [5.41, 5.74) is 1.22. The van der Waals surface area contributed by atoms with E-state index < -0.39 is 0 Å². The van der Waals surface area contributed by atoms with Crippen LogP contribution in [0.5, 0.6) is 0 Å². The predicted molar refractivity (Wildman–Crippen MR) is 113 cm³/mol. The second-order valence-corrected chi connectivity index (χ2v) is 8.68. The van der Waals surface area contributed by atoms with Crippen molar-refractivity contribution in [2.45, 2.75) is 51.0 Å². The maximum absolute atomic E-state index is 12.5. The molecule has 6 heteroatoms. The lowest BCUT2D eigenvalue weighted by atomic mass is 9.84. The van der Waals surface area contributed by atoms with E-state index in [0.29, 0.717) is 5.92 Å². The molecule has 156 valence electrons. The molecule has 6 nitrogen and oxygen atoms in total. The van der Waals surface area contributed by atoms with E-state index in [4.69, 9.17) is 0 Å². The summed E-state index contributed by atoms with van der Waals surface area (Å²) in [6, 6.07) is 10.6. The van der Waals surface area contributed by atoms with Crippen molar-refractivity contribution in [1.29, 1.82) is 0 Å². The molecule has 1 aliphatic heterocycles. The highest BCUT2D eigenvalue weighted by Gasteiger charge is 2.28. The zero-order chi connectivity index (χ0) is 20.1. The standard InChI is InChI=1S/C23H33N5O/c1-27-22(24-17-25-27)16-18-10-13-28(14-11-18)15-12-21(19-6-3-2-4-7-19)26-23(29)20-8-5-9-20/h2-4,6-7,17-18,20-21H,5,8-16H2,1H3,(H,26,29). The molecule has 1 aromatic heterocycles. The minimum Gasteiger partial charge on any atom is -0.349 e. The topological polar surface area (TPSA) is 63.1 Å². The van der Waals surface area contributed by atoms with Crippen LogP contribution in [-0.4, -0.2) is 45.2 Å². The van der Waals surface area contributed by atoms with Crippen molar-refractivity contribution >= 4 is 5.91 Å². The first kappa shape index (κ1) is 20.1. The summed E-state index contributed by atoms with van der Waals surface area (Å²) in [7, 11) is 1.97. The largest absolute Gasteiger partial charge is 0.349 e. The summed E-state index contributed by atoms with van der Waals surface area (Å²) in [4.78, 5) is 19.5. The van der Waals surface area contributed by atoms with Crippen LogP contribution in [0.25, 0.3) is 0 Å². The number of aryl methyl sites for hydroxylation is 1. The van der Waals surface area contributed by atoms with Gasteiger partial charge in [0.25, 0.3) is 0 Å². The van der Waals surface area contributed by atoms with Gasteiger partial charge in [-0.1, -0.05) is 36.8 Å². The Morgan fingerprint density at radius 1 is 1.17 bits per heavy atom. The van der Waals surface area contributed by atoms with Crippen LogP contribution in [0.15, 0.2) is 36.7 Å². The van der Waals surface area contributed by atoms with Crippen LogP contribution < -0.4 is 5.32 Å². The normalized spacial score (nSPS) is 19.6. The number of carbonyl (C=O) groups is 1. The molecule has 2 aliphatic rings. The number of hydrogen-bond donors (Lipinski definition) is 1. The molecule has 1 aliphatic carbocycles. The van der Waals surface area contributed by atoms with Crippen molar-refractivity contribution in [2.24, 2.45) is 18.9 Å². The number of rotatable bonds is 8. The monoisotopic (exact) mass is 395 g/mol. The molecule has 4 rings (SSSR count). The molecule has 1 unspecified atom stereocenters. The fourth-order valence-corrected chi connectivity index (χ4v) is 4.46. The maximum atomic E-state index is 12.5. The fraction of sp³-hybridized carbons (Fsp3) is 0.609. The zero-order valence-corrected chi connectivity index (χ0v) is 17.5. The third kappa shape index (κ3) is 5.24. The Morgan fingerprint density at radius 2 is 1.93 bits per heavy atom. The predicted octanol–water partition coefficient (Wildman–Crippen LogP) is 3.12. The molecule has 0 spiro atoms. The first-order valence-corrected chi connectivity index (χ1v) is 11.1. The number of nitrogens with one attached hydrogen (secondary N) is 1. The molecule has 2 heterocycles. The number of nitrogens with zero attached hydrogens (tertiary/aromatic N) is 4. The maximum Gasteiger partial charge on any atom is 0.223 e. The molecule has 1 saturated heterocycles. The summed E-state index contributed by atoms with van der Waals surface area (Å²) in [5, 5.41) is 7.52. The second-order valence-electron chi connectivity index (χ2n) is 8.68. The van der Waals surface area contributed by atoms with Crippen molar-refractivity contribution in [3.05, 3.63) is 48.0 Å². The van der Waals surface area contributed by atoms with E-state index in [0.717, 1.165) is 51.1 Å². The lowest BCUT2D eigenvalue weighted by Crippen LogP contribution is -2.40. The number of piperidine rings is 1. The van der Waals surface area contributed by atoms with Crippen LogP contribution in [0.3, 0.4) is 0 Å². The van der Waals surface area contributed by atoms with Gasteiger partial charge < -0.3 is 10.2 Å². The summed E-state index contributed by atoms with van der Waals surface area (Å²) < 4.78 is 1.89. The van der Waals surface area contributed by atoms with E-state index in [-0.39, 0.29) is 17.9 Å². The second kappa shape index (κ2) is 9.53. The highest BCUT2D eigenvalue weighted by molar-refractivity contribution is 5.79. The summed E-state index contributed by atoms with van der Waals surface area (Å²) in [6.07, 6.45) is 9.33. The summed E-state index contributed by atoms with van der Waals surface area (Å²) >= 11 is 0. The minimum atomic E-state index is 0.112. The fourth-order valence-electron chi connectivity index (χ4n) is 4.46. The van der Waals surface area contributed by atoms with Gasteiger partial charge in [-0.15, -0.1) is 0 Å². The molecule has 2 aromatic rings. The Labute approximate surface area is 173 Å². The van der Waals surface area contributed by atoms with Crippen molar-refractivity contribution in [2.75, 3.05) is 19.6 Å². The van der Waals surface area contributed by atoms with Gasteiger partial charge in [0.05, 0.1) is 6.04 Å². The van der Waals surface area contributed by atoms with Gasteiger partial charge in [-0.25, -0.2) is 4.98 Å². The molecule has 0 bridgehead atoms. The van der Waals surface area contributed by atoms with Crippen LogP contribution >= 0.6 is 0 Å². The van der Waals surface area contributed by atoms with Crippen molar-refractivity contribution in [1.82, 2.24) is 25.0 Å². The van der Waals surface area contributed by atoms with Crippen molar-refractivity contribution in [3.63, 3.8) is 0 Å². The summed E-state index contributed by atoms with van der Waals surface area (Å²) in [5.74, 6) is 2.26. The Hall–Kier alpha value is -2.21. The van der Waals surface area contributed by atoms with E-state index in [1.165, 1.54) is 24.8 Å². The number of amides is 1. The highest BCUT2D eigenvalue weighted by Crippen LogP contribution is 2.28. The molecule has 2 fully saturated rings. The number of likely N-dealkylation sites (tertiary alicyclic amines) is 1. The molecule has 1 aromatic carbocycles. The Bertz CT molecular complexity index is 778. The molecule has 29 heavy (non-hydrogen) atoms. The van der Waals surface area contributed by atoms with Gasteiger partial charge >= 0.3 is 0 Å². The van der Waals surface area contributed by atoms with E-state index >= 15 is 0 Å². The molecule has 0 radical (unpaired) electrons. The lowest BCUT2D eigenvalue weighted by molar-refractivity contribution is -0.128. The van der Waals surface area contributed by atoms with Gasteiger partial charge in [-0.2, -0.15) is 5.10 Å². The van der Waals surface area contributed by atoms with Gasteiger partial charge in [0.1, 0.15) is 12.2 Å². The molecular formula is C23H33N5O. The minimum absolute atomic E-state index is 0.112. The average Bonchev–Trinajstić information content (AvgIpc) is 3.10. The van der Waals surface area contributed by atoms with Gasteiger partial charge in [0.15, 0.2) is 0 Å². The number of benzene rings is 1. The Morgan fingerprint density at radius 3 is 2.55 bits per heavy atom. The van der Waals surface area contributed by atoms with E-state index in [1.807, 2.05) is 17.8 Å². The van der Waals surface area contributed by atoms with Crippen LogP contribution in [0, 0.1) is 11.8 Å². The third-order valence-electron chi connectivity index (χ3n) is 6.71. The van der Waals surface area contributed by atoms with Crippen molar-refractivity contribution in [3.8, 4) is 0 Å². The smallest absolute Gasteiger partial charge is 0.223 e. The van der Waals surface area contributed by atoms with Crippen molar-refractivity contribution < 1.29 is 4.79 Å². The van der Waals surface area contributed by atoms with Gasteiger partial charge in [0.2, 0.25) is 5.91 Å². The number of aromatic nitrogens is 3. The van der Waals surface area contributed by atoms with Crippen LogP contribution in [0.4, 0.5) is 0 Å². The van der Waals surface area contributed by atoms with Crippen LogP contribution in [0.2, 0.25) is 0 Å². The van der Waals surface area contributed by atoms with E-state index in [9.17, 15) is 4.79 Å². The Balaban J connectivity index is 1.27. The van der Waals surface area contributed by atoms with Gasteiger partial charge in [-0.3, -0.25) is 9.48 Å². The SMILES string of the molecule is Cn1ncnc1CC1CCN(CCC(NC(=O)C2CCC2)c2ccccc2)CC1. The van der Waals surface area contributed by atoms with Gasteiger partial charge in [-0.05, 0) is 56.7 Å². The third-order valence-corrected chi connectivity index (χ3v) is 6.71. The highest BCUT2D eigenvalue weighted by atomic mass is 16.2. The molecule has 1 saturated carbocycles. The number of hydrogen-bond acceptors (Lipinski definition) is 4. The average molecular weight is 396 g/mol. The molecular weight excluding hydrogens is 362 g/mol. The first-order chi connectivity index (χ1) is 14.2. The van der Waals surface area contributed by atoms with Crippen LogP contribution in [0.1, 0.15) is 56.0 Å². The van der Waals surface area contributed by atoms with Crippen LogP contribution in [-0.2, 0) is 18.3 Å². The first-order valence-electron chi connectivity index (χ1n) is 11.1. The number of carbonyl (C=O) groups excluding carboxylic acids is 1. The molecule has 1 amide bonds. The zero-order valence-electron chi connectivity index (χ0n) is 17.5. The quantitative estimate of drug-likeness (QED) is 0.746. The molecule has 1 atom stereocenters. The van der Waals surface area contributed by atoms with E-state index in [2.05, 4.69) is 44.6 Å². The van der Waals surface area contributed by atoms with E-state index in [1.54, 1.807) is 6.33 Å².